The fourth-order valence-corrected chi connectivity index (χ4v) is 3.22. The van der Waals surface area contributed by atoms with Gasteiger partial charge in [0.05, 0.1) is 18.3 Å². The average molecular weight is 487 g/mol. The van der Waals surface area contributed by atoms with Crippen molar-refractivity contribution >= 4 is 35.7 Å². The molecule has 0 bridgehead atoms. The topological polar surface area (TPSA) is 119 Å². The molecule has 0 radical (unpaired) electrons. The highest BCUT2D eigenvalue weighted by Gasteiger charge is 2.24. The highest BCUT2D eigenvalue weighted by atomic mass is 35.5. The monoisotopic (exact) mass is 486 g/mol. The van der Waals surface area contributed by atoms with E-state index >= 15 is 0 Å². The molecule has 0 atom stereocenters. The van der Waals surface area contributed by atoms with Crippen molar-refractivity contribution in [2.45, 2.75) is 6.54 Å². The minimum Gasteiger partial charge on any atom is -0.854 e. The fourth-order valence-electron chi connectivity index (χ4n) is 3.09. The van der Waals surface area contributed by atoms with Crippen molar-refractivity contribution in [2.24, 2.45) is 15.3 Å². The summed E-state index contributed by atoms with van der Waals surface area (Å²) in [5, 5.41) is 27.5. The number of Topliss-reactive ketones (excluding diaryl/α,β-unsaturated/α-hetero) is 1. The third kappa shape index (κ3) is 6.04. The predicted octanol–water partition coefficient (Wildman–Crippen LogP) is 2.02. The number of carbonyl (C=O) groups excluding carboxylic acids is 1. The molecule has 1 heterocycles. The molecule has 4 rings (SSSR count). The first-order valence-electron chi connectivity index (χ1n) is 10.5. The summed E-state index contributed by atoms with van der Waals surface area (Å²) in [6, 6.07) is 24.4. The second-order valence-corrected chi connectivity index (χ2v) is 7.73. The standard InChI is InChI=1S/C25H19ClN6O3/c26-21-13-11-20(12-14-21)22(33)17-31-23(24(34)29-27-15-18-7-3-1-4-8-18)25(35)32(30-31)28-16-19-9-5-2-6-10-19/h1-16H,17H2,(H-,29,30,34,35)/b28-16+. The Morgan fingerprint density at radius 2 is 1.54 bits per heavy atom. The smallest absolute Gasteiger partial charge is 0.427 e. The van der Waals surface area contributed by atoms with Gasteiger partial charge in [0, 0.05) is 15.4 Å². The summed E-state index contributed by atoms with van der Waals surface area (Å²) in [6.45, 7) is -0.330. The van der Waals surface area contributed by atoms with Crippen LogP contribution in [0.15, 0.2) is 105 Å². The van der Waals surface area contributed by atoms with Gasteiger partial charge in [-0.15, -0.1) is 4.68 Å². The molecule has 0 saturated heterocycles. The van der Waals surface area contributed by atoms with Gasteiger partial charge in [0.2, 0.25) is 5.78 Å². The number of hydrogen-bond donors (Lipinski definition) is 1. The van der Waals surface area contributed by atoms with Crippen LogP contribution >= 0.6 is 11.6 Å². The summed E-state index contributed by atoms with van der Waals surface area (Å²) in [6.07, 6.45) is 2.84. The number of aromatic nitrogens is 3. The highest BCUT2D eigenvalue weighted by molar-refractivity contribution is 6.30. The quantitative estimate of drug-likeness (QED) is 0.135. The lowest BCUT2D eigenvalue weighted by molar-refractivity contribution is -0.745. The Morgan fingerprint density at radius 1 is 0.943 bits per heavy atom. The molecule has 0 aliphatic heterocycles. The molecule has 0 spiro atoms. The van der Waals surface area contributed by atoms with Gasteiger partial charge in [-0.3, -0.25) is 4.79 Å². The lowest BCUT2D eigenvalue weighted by Gasteiger charge is -2.05. The van der Waals surface area contributed by atoms with Gasteiger partial charge < -0.3 is 5.11 Å². The third-order valence-electron chi connectivity index (χ3n) is 4.83. The van der Waals surface area contributed by atoms with E-state index in [4.69, 9.17) is 11.6 Å². The molecule has 0 amide bonds. The van der Waals surface area contributed by atoms with E-state index in [9.17, 15) is 14.7 Å². The molecule has 10 heteroatoms. The number of halogens is 1. The fraction of sp³-hybridized carbons (Fsp3) is 0.0400. The van der Waals surface area contributed by atoms with Crippen LogP contribution in [0.25, 0.3) is 0 Å². The van der Waals surface area contributed by atoms with Crippen LogP contribution in [0, 0.1) is 0 Å². The number of aromatic amines is 1. The van der Waals surface area contributed by atoms with Crippen molar-refractivity contribution in [1.82, 2.24) is 10.0 Å². The van der Waals surface area contributed by atoms with Crippen molar-refractivity contribution in [2.75, 3.05) is 0 Å². The molecule has 174 valence electrons. The summed E-state index contributed by atoms with van der Waals surface area (Å²) in [5.74, 6) is -1.27. The van der Waals surface area contributed by atoms with Crippen LogP contribution in [0.5, 0.6) is 0 Å². The molecule has 1 aromatic heterocycles. The van der Waals surface area contributed by atoms with Gasteiger partial charge in [0.15, 0.2) is 6.54 Å². The van der Waals surface area contributed by atoms with Gasteiger partial charge >= 0.3 is 5.56 Å². The summed E-state index contributed by atoms with van der Waals surface area (Å²) < 4.78 is 1.10. The number of benzene rings is 3. The lowest BCUT2D eigenvalue weighted by atomic mass is 10.1. The van der Waals surface area contributed by atoms with Crippen molar-refractivity contribution in [3.05, 3.63) is 123 Å². The number of hydrogen-bond acceptors (Lipinski definition) is 6. The van der Waals surface area contributed by atoms with E-state index in [0.717, 1.165) is 20.6 Å². The summed E-state index contributed by atoms with van der Waals surface area (Å²) in [4.78, 5) is 26.6. The van der Waals surface area contributed by atoms with E-state index in [-0.39, 0.29) is 18.0 Å². The largest absolute Gasteiger partial charge is 0.854 e. The van der Waals surface area contributed by atoms with Crippen LogP contribution in [-0.4, -0.2) is 34.1 Å². The van der Waals surface area contributed by atoms with Crippen LogP contribution < -0.4 is 15.3 Å². The number of H-pyrrole nitrogens is 1. The molecule has 0 saturated carbocycles. The molecular weight excluding hydrogens is 468 g/mol. The Bertz CT molecular complexity index is 1460. The molecule has 9 nitrogen and oxygen atoms in total. The maximum absolute atomic E-state index is 13.0. The van der Waals surface area contributed by atoms with Crippen LogP contribution in [0.1, 0.15) is 27.2 Å². The lowest BCUT2D eigenvalue weighted by Crippen LogP contribution is -2.48. The number of ketones is 1. The average Bonchev–Trinajstić information content (AvgIpc) is 3.18. The van der Waals surface area contributed by atoms with Gasteiger partial charge in [-0.05, 0) is 35.4 Å². The second kappa shape index (κ2) is 11.0. The predicted molar refractivity (Wildman–Crippen MR) is 131 cm³/mol. The van der Waals surface area contributed by atoms with E-state index < -0.39 is 11.5 Å². The summed E-state index contributed by atoms with van der Waals surface area (Å²) >= 11 is 5.89. The Balaban J connectivity index is 1.68. The normalized spacial score (nSPS) is 12.0. The van der Waals surface area contributed by atoms with Crippen LogP contribution in [-0.2, 0) is 6.54 Å². The van der Waals surface area contributed by atoms with Gasteiger partial charge in [0.25, 0.3) is 5.69 Å². The van der Waals surface area contributed by atoms with Crippen molar-refractivity contribution in [1.29, 1.82) is 0 Å². The van der Waals surface area contributed by atoms with Crippen LogP contribution in [0.3, 0.4) is 0 Å². The zero-order valence-corrected chi connectivity index (χ0v) is 19.0. The molecular formula is C25H19ClN6O3. The van der Waals surface area contributed by atoms with Crippen molar-refractivity contribution < 1.29 is 14.6 Å². The Labute approximate surface area is 204 Å². The maximum atomic E-state index is 13.0. The number of carbonyl (C=O) groups is 1. The molecule has 0 unspecified atom stereocenters. The number of nitrogens with zero attached hydrogens (tertiary/aromatic N) is 5. The Morgan fingerprint density at radius 3 is 2.17 bits per heavy atom. The van der Waals surface area contributed by atoms with Crippen molar-refractivity contribution in [3.8, 4) is 0 Å². The zero-order chi connectivity index (χ0) is 24.6. The van der Waals surface area contributed by atoms with Gasteiger partial charge in [0.1, 0.15) is 0 Å². The SMILES string of the molecule is O=C(C[n+]1[nH]n(/N=C/c2ccccc2)c(=O)c1/C([O-])=N/N=C/c1ccccc1)c1ccc(Cl)cc1. The van der Waals surface area contributed by atoms with Gasteiger partial charge in [-0.25, -0.2) is 4.79 Å². The first kappa shape index (κ1) is 23.5. The molecule has 0 aliphatic carbocycles. The van der Waals surface area contributed by atoms with E-state index in [2.05, 4.69) is 20.5 Å². The van der Waals surface area contributed by atoms with Gasteiger partial charge in [-0.2, -0.15) is 10.2 Å². The Kier molecular flexibility index (Phi) is 7.39. The third-order valence-corrected chi connectivity index (χ3v) is 5.08. The van der Waals surface area contributed by atoms with E-state index in [1.165, 1.54) is 12.4 Å². The molecule has 35 heavy (non-hydrogen) atoms. The molecule has 4 aromatic rings. The van der Waals surface area contributed by atoms with E-state index in [1.54, 1.807) is 48.5 Å². The molecule has 1 N–H and O–H groups in total. The first-order chi connectivity index (χ1) is 17.0. The number of rotatable bonds is 8. The maximum Gasteiger partial charge on any atom is 0.427 e. The second-order valence-electron chi connectivity index (χ2n) is 7.30. The van der Waals surface area contributed by atoms with Gasteiger partial charge in [-0.1, -0.05) is 82.6 Å². The molecule has 0 fully saturated rings. The van der Waals surface area contributed by atoms with E-state index in [1.807, 2.05) is 36.4 Å². The highest BCUT2D eigenvalue weighted by Crippen LogP contribution is 2.10. The van der Waals surface area contributed by atoms with Crippen LogP contribution in [0.4, 0.5) is 0 Å². The Hall–Kier alpha value is -4.63. The minimum absolute atomic E-state index is 0.330. The molecule has 3 aromatic carbocycles. The minimum atomic E-state index is -0.920. The summed E-state index contributed by atoms with van der Waals surface area (Å²) in [5.41, 5.74) is 0.671. The summed E-state index contributed by atoms with van der Waals surface area (Å²) in [7, 11) is 0. The molecule has 0 aliphatic rings. The first-order valence-corrected chi connectivity index (χ1v) is 10.9. The van der Waals surface area contributed by atoms with Crippen molar-refractivity contribution in [3.63, 3.8) is 0 Å². The van der Waals surface area contributed by atoms with E-state index in [0.29, 0.717) is 10.6 Å². The van der Waals surface area contributed by atoms with Crippen LogP contribution in [0.2, 0.25) is 5.02 Å². The zero-order valence-electron chi connectivity index (χ0n) is 18.3. The number of nitrogens with one attached hydrogen (secondary N) is 1.